The van der Waals surface area contributed by atoms with Crippen LogP contribution < -0.4 is 0 Å². The van der Waals surface area contributed by atoms with Crippen LogP contribution >= 0.6 is 0 Å². The van der Waals surface area contributed by atoms with Crippen molar-refractivity contribution in [3.05, 3.63) is 53.1 Å². The Kier molecular flexibility index (Phi) is 9.77. The second-order valence-corrected chi connectivity index (χ2v) is 11.5. The number of benzene rings is 1. The Balaban J connectivity index is 2.73. The maximum Gasteiger partial charge on any atom is 0.335 e. The zero-order valence-corrected chi connectivity index (χ0v) is 22.7. The van der Waals surface area contributed by atoms with Gasteiger partial charge in [-0.25, -0.2) is 4.79 Å². The number of hydrogen-bond acceptors (Lipinski definition) is 2. The van der Waals surface area contributed by atoms with Crippen LogP contribution in [0.25, 0.3) is 5.57 Å². The minimum atomic E-state index is -1.09. The molecule has 0 saturated carbocycles. The molecule has 0 spiro atoms. The molecule has 1 aromatic rings. The number of carbonyl (C=O) groups is 1. The summed E-state index contributed by atoms with van der Waals surface area (Å²) in [6.07, 6.45) is 11.1. The van der Waals surface area contributed by atoms with Crippen LogP contribution in [-0.2, 0) is 4.79 Å². The van der Waals surface area contributed by atoms with Gasteiger partial charge in [0.15, 0.2) is 0 Å². The van der Waals surface area contributed by atoms with Crippen molar-refractivity contribution >= 4 is 11.5 Å². The number of aliphatic hydroxyl groups is 1. The van der Waals surface area contributed by atoms with E-state index >= 15 is 0 Å². The second kappa shape index (κ2) is 11.7. The van der Waals surface area contributed by atoms with Crippen LogP contribution in [0.15, 0.2) is 47.6 Å². The largest absolute Gasteiger partial charge is 0.478 e. The van der Waals surface area contributed by atoms with Crippen LogP contribution in [0, 0.1) is 16.7 Å². The lowest BCUT2D eigenvalue weighted by Gasteiger charge is -2.53. The van der Waals surface area contributed by atoms with E-state index in [1.165, 1.54) is 25.7 Å². The van der Waals surface area contributed by atoms with E-state index in [4.69, 9.17) is 0 Å². The normalized spacial score (nSPS) is 21.5. The molecule has 1 aliphatic carbocycles. The molecule has 2 rings (SSSR count). The molecule has 0 bridgehead atoms. The smallest absolute Gasteiger partial charge is 0.335 e. The van der Waals surface area contributed by atoms with E-state index in [1.54, 1.807) is 0 Å². The Hall–Kier alpha value is -1.87. The van der Waals surface area contributed by atoms with E-state index in [1.807, 2.05) is 36.4 Å². The van der Waals surface area contributed by atoms with Crippen LogP contribution in [0.1, 0.15) is 112 Å². The highest BCUT2D eigenvalue weighted by Crippen LogP contribution is 2.57. The number of rotatable bonds is 13. The lowest BCUT2D eigenvalue weighted by molar-refractivity contribution is -0.132. The van der Waals surface area contributed by atoms with Crippen molar-refractivity contribution in [3.63, 3.8) is 0 Å². The first-order valence-electron chi connectivity index (χ1n) is 13.4. The van der Waals surface area contributed by atoms with E-state index in [9.17, 15) is 15.0 Å². The fraction of sp³-hybridized carbons (Fsp3) is 0.645. The standard InChI is InChI=1S/C31H48O3/c1-8-11-12-13-14-18-21-31(34)25(29(4,5)9-2)22-24(28(32)33)26(23-19-16-15-17-20-23)27(31)30(6,7)10-3/h15-17,19-20,22,27,34H,8-14,18,21H2,1-7H3,(H,32,33). The minimum Gasteiger partial charge on any atom is -0.478 e. The number of aliphatic carboxylic acids is 1. The number of unbranched alkanes of at least 4 members (excludes halogenated alkanes) is 5. The second-order valence-electron chi connectivity index (χ2n) is 11.5. The monoisotopic (exact) mass is 468 g/mol. The number of hydrogen-bond donors (Lipinski definition) is 2. The third-order valence-corrected chi connectivity index (χ3v) is 8.34. The Bertz CT molecular complexity index is 875. The van der Waals surface area contributed by atoms with Gasteiger partial charge in [0.25, 0.3) is 0 Å². The molecule has 1 aromatic carbocycles. The molecule has 2 unspecified atom stereocenters. The maximum absolute atomic E-state index is 12.8. The van der Waals surface area contributed by atoms with Crippen molar-refractivity contribution < 1.29 is 15.0 Å². The molecule has 0 amide bonds. The van der Waals surface area contributed by atoms with Gasteiger partial charge in [-0.15, -0.1) is 0 Å². The highest BCUT2D eigenvalue weighted by atomic mass is 16.4. The molecule has 3 heteroatoms. The fourth-order valence-electron chi connectivity index (χ4n) is 5.68. The SMILES string of the molecule is CCCCCCCCC1(O)C(C(C)(C)CC)=CC(C(=O)O)=C(c2ccccc2)C1C(C)(C)CC. The third-order valence-electron chi connectivity index (χ3n) is 8.34. The lowest BCUT2D eigenvalue weighted by atomic mass is 9.53. The molecule has 0 heterocycles. The average molecular weight is 469 g/mol. The lowest BCUT2D eigenvalue weighted by Crippen LogP contribution is -2.52. The van der Waals surface area contributed by atoms with E-state index in [0.29, 0.717) is 12.0 Å². The van der Waals surface area contributed by atoms with Crippen LogP contribution in [0.5, 0.6) is 0 Å². The highest BCUT2D eigenvalue weighted by molar-refractivity contribution is 6.01. The van der Waals surface area contributed by atoms with Crippen molar-refractivity contribution in [2.45, 2.75) is 112 Å². The summed E-state index contributed by atoms with van der Waals surface area (Å²) in [5.41, 5.74) is 1.23. The van der Waals surface area contributed by atoms with Crippen molar-refractivity contribution in [3.8, 4) is 0 Å². The van der Waals surface area contributed by atoms with Gasteiger partial charge in [0.2, 0.25) is 0 Å². The van der Waals surface area contributed by atoms with E-state index in [-0.39, 0.29) is 16.7 Å². The molecule has 2 N–H and O–H groups in total. The van der Waals surface area contributed by atoms with Crippen molar-refractivity contribution in [2.75, 3.05) is 0 Å². The van der Waals surface area contributed by atoms with Gasteiger partial charge in [-0.05, 0) is 46.5 Å². The first kappa shape index (κ1) is 28.4. The highest BCUT2D eigenvalue weighted by Gasteiger charge is 2.54. The van der Waals surface area contributed by atoms with Crippen LogP contribution in [0.4, 0.5) is 0 Å². The first-order chi connectivity index (χ1) is 16.0. The van der Waals surface area contributed by atoms with Gasteiger partial charge in [-0.1, -0.05) is 124 Å². The molecule has 190 valence electrons. The van der Waals surface area contributed by atoms with Crippen molar-refractivity contribution in [1.82, 2.24) is 0 Å². The molecule has 34 heavy (non-hydrogen) atoms. The number of carboxylic acid groups (broad SMARTS) is 1. The summed E-state index contributed by atoms with van der Waals surface area (Å²) in [4.78, 5) is 12.6. The van der Waals surface area contributed by atoms with Gasteiger partial charge in [0.05, 0.1) is 11.2 Å². The first-order valence-corrected chi connectivity index (χ1v) is 13.4. The Morgan fingerprint density at radius 1 is 0.912 bits per heavy atom. The molecular formula is C31H48O3. The predicted octanol–water partition coefficient (Wildman–Crippen LogP) is 8.44. The zero-order chi connectivity index (χ0) is 25.6. The van der Waals surface area contributed by atoms with Crippen LogP contribution in [0.2, 0.25) is 0 Å². The van der Waals surface area contributed by atoms with Gasteiger partial charge in [0, 0.05) is 5.92 Å². The molecule has 0 aromatic heterocycles. The van der Waals surface area contributed by atoms with E-state index < -0.39 is 11.6 Å². The van der Waals surface area contributed by atoms with Crippen LogP contribution in [-0.4, -0.2) is 21.8 Å². The summed E-state index contributed by atoms with van der Waals surface area (Å²) in [5, 5.41) is 23.1. The minimum absolute atomic E-state index is 0.286. The quantitative estimate of drug-likeness (QED) is 0.286. The summed E-state index contributed by atoms with van der Waals surface area (Å²) in [6, 6.07) is 9.86. The van der Waals surface area contributed by atoms with Gasteiger partial charge in [-0.3, -0.25) is 0 Å². The zero-order valence-electron chi connectivity index (χ0n) is 22.7. The maximum atomic E-state index is 12.8. The molecule has 0 radical (unpaired) electrons. The van der Waals surface area contributed by atoms with Gasteiger partial charge < -0.3 is 10.2 Å². The Labute approximate surface area is 208 Å². The molecular weight excluding hydrogens is 420 g/mol. The average Bonchev–Trinajstić information content (AvgIpc) is 2.80. The topological polar surface area (TPSA) is 57.5 Å². The molecule has 1 aliphatic rings. The molecule has 0 saturated heterocycles. The summed E-state index contributed by atoms with van der Waals surface area (Å²) >= 11 is 0. The van der Waals surface area contributed by atoms with E-state index in [0.717, 1.165) is 42.4 Å². The van der Waals surface area contributed by atoms with Crippen molar-refractivity contribution in [1.29, 1.82) is 0 Å². The fourth-order valence-corrected chi connectivity index (χ4v) is 5.68. The van der Waals surface area contributed by atoms with E-state index in [2.05, 4.69) is 48.5 Å². The Morgan fingerprint density at radius 2 is 1.50 bits per heavy atom. The summed E-state index contributed by atoms with van der Waals surface area (Å²) in [6.45, 7) is 15.2. The summed E-state index contributed by atoms with van der Waals surface area (Å²) in [7, 11) is 0. The summed E-state index contributed by atoms with van der Waals surface area (Å²) < 4.78 is 0. The molecule has 2 atom stereocenters. The van der Waals surface area contributed by atoms with Gasteiger partial charge in [-0.2, -0.15) is 0 Å². The molecule has 3 nitrogen and oxygen atoms in total. The van der Waals surface area contributed by atoms with Gasteiger partial charge in [0.1, 0.15) is 0 Å². The number of carboxylic acids is 1. The predicted molar refractivity (Wildman–Crippen MR) is 144 cm³/mol. The van der Waals surface area contributed by atoms with Crippen molar-refractivity contribution in [2.24, 2.45) is 16.7 Å². The Morgan fingerprint density at radius 3 is 2.03 bits per heavy atom. The van der Waals surface area contributed by atoms with Gasteiger partial charge >= 0.3 is 5.97 Å². The summed E-state index contributed by atoms with van der Waals surface area (Å²) in [5.74, 6) is -1.22. The molecule has 0 aliphatic heterocycles. The van der Waals surface area contributed by atoms with Crippen LogP contribution in [0.3, 0.4) is 0 Å². The third kappa shape index (κ3) is 6.03. The molecule has 0 fully saturated rings.